The molecular formula is C22H21Cl2N3O3S. The van der Waals surface area contributed by atoms with Gasteiger partial charge in [0, 0.05) is 31.0 Å². The summed E-state index contributed by atoms with van der Waals surface area (Å²) in [6, 6.07) is 15.6. The number of pyridine rings is 1. The number of carbonyl (C=O) groups excluding carboxylic acids is 1. The van der Waals surface area contributed by atoms with Crippen LogP contribution in [0, 0.1) is 0 Å². The first-order valence-corrected chi connectivity index (χ1v) is 11.4. The number of amides is 1. The molecular weight excluding hydrogens is 457 g/mol. The highest BCUT2D eigenvalue weighted by Gasteiger charge is 2.15. The monoisotopic (exact) mass is 477 g/mol. The van der Waals surface area contributed by atoms with Crippen LogP contribution in [0.25, 0.3) is 0 Å². The van der Waals surface area contributed by atoms with Crippen molar-refractivity contribution in [2.75, 3.05) is 17.4 Å². The molecule has 31 heavy (non-hydrogen) atoms. The van der Waals surface area contributed by atoms with E-state index in [1.807, 2.05) is 18.2 Å². The molecule has 0 aliphatic heterocycles. The van der Waals surface area contributed by atoms with Crippen molar-refractivity contribution >= 4 is 46.1 Å². The Morgan fingerprint density at radius 1 is 1.06 bits per heavy atom. The molecule has 0 spiro atoms. The van der Waals surface area contributed by atoms with Gasteiger partial charge in [0.25, 0.3) is 17.2 Å². The summed E-state index contributed by atoms with van der Waals surface area (Å²) in [5.41, 5.74) is 2.82. The Kier molecular flexibility index (Phi) is 8.43. The predicted molar refractivity (Wildman–Crippen MR) is 125 cm³/mol. The maximum atomic E-state index is 12.4. The summed E-state index contributed by atoms with van der Waals surface area (Å²) in [5.74, 6) is -0.210. The molecule has 3 rings (SSSR count). The Morgan fingerprint density at radius 3 is 2.52 bits per heavy atom. The summed E-state index contributed by atoms with van der Waals surface area (Å²) in [7, 11) is 0. The fourth-order valence-electron chi connectivity index (χ4n) is 3.01. The van der Waals surface area contributed by atoms with Gasteiger partial charge in [-0.1, -0.05) is 41.4 Å². The van der Waals surface area contributed by atoms with Gasteiger partial charge in [-0.15, -0.1) is 0 Å². The molecule has 6 nitrogen and oxygen atoms in total. The maximum absolute atomic E-state index is 12.4. The van der Waals surface area contributed by atoms with E-state index in [0.717, 1.165) is 11.1 Å². The topological polar surface area (TPSA) is 82.5 Å². The van der Waals surface area contributed by atoms with Gasteiger partial charge in [0.05, 0.1) is 15.7 Å². The highest BCUT2D eigenvalue weighted by Crippen LogP contribution is 2.26. The third kappa shape index (κ3) is 6.51. The summed E-state index contributed by atoms with van der Waals surface area (Å²) < 4.78 is 22.9. The summed E-state index contributed by atoms with van der Waals surface area (Å²) in [6.07, 6.45) is 4.58. The molecule has 2 aromatic carbocycles. The van der Waals surface area contributed by atoms with E-state index in [1.54, 1.807) is 48.8 Å². The molecule has 0 saturated carbocycles. The van der Waals surface area contributed by atoms with E-state index in [4.69, 9.17) is 23.2 Å². The van der Waals surface area contributed by atoms with E-state index in [1.165, 1.54) is 4.31 Å². The molecule has 0 saturated heterocycles. The van der Waals surface area contributed by atoms with Crippen molar-refractivity contribution in [3.8, 4) is 0 Å². The number of nitrogens with zero attached hydrogens (tertiary/aromatic N) is 2. The predicted octanol–water partition coefficient (Wildman–Crippen LogP) is 4.55. The fourth-order valence-corrected chi connectivity index (χ4v) is 3.97. The van der Waals surface area contributed by atoms with Crippen LogP contribution in [0.15, 0.2) is 67.0 Å². The molecule has 2 N–H and O–H groups in total. The number of carbonyl (C=O) groups is 1. The molecule has 9 heteroatoms. The second-order valence-electron chi connectivity index (χ2n) is 6.71. The number of aromatic nitrogens is 1. The lowest BCUT2D eigenvalue weighted by Crippen LogP contribution is -2.28. The SMILES string of the molecule is O=C(NCCc1cccnc1)c1ccc(N(CCc2cccc(Cl)c2Cl)S(=O)O)cc1. The Morgan fingerprint density at radius 2 is 1.84 bits per heavy atom. The maximum Gasteiger partial charge on any atom is 0.261 e. The van der Waals surface area contributed by atoms with Crippen LogP contribution in [0.5, 0.6) is 0 Å². The highest BCUT2D eigenvalue weighted by atomic mass is 35.5. The zero-order valence-corrected chi connectivity index (χ0v) is 18.8. The summed E-state index contributed by atoms with van der Waals surface area (Å²) in [6.45, 7) is 0.735. The van der Waals surface area contributed by atoms with Crippen LogP contribution in [0.1, 0.15) is 21.5 Å². The second-order valence-corrected chi connectivity index (χ2v) is 8.40. The lowest BCUT2D eigenvalue weighted by atomic mass is 10.1. The van der Waals surface area contributed by atoms with Crippen LogP contribution in [-0.2, 0) is 24.1 Å². The molecule has 0 fully saturated rings. The third-order valence-electron chi connectivity index (χ3n) is 4.64. The molecule has 1 amide bonds. The van der Waals surface area contributed by atoms with Gasteiger partial charge in [-0.3, -0.25) is 18.6 Å². The molecule has 1 aromatic heterocycles. The summed E-state index contributed by atoms with van der Waals surface area (Å²) >= 11 is 10.0. The minimum absolute atomic E-state index is 0.210. The molecule has 0 aliphatic carbocycles. The summed E-state index contributed by atoms with van der Waals surface area (Å²) in [5, 5.41) is 3.74. The first-order valence-electron chi connectivity index (χ1n) is 9.54. The van der Waals surface area contributed by atoms with Crippen LogP contribution in [-0.4, -0.2) is 32.7 Å². The lowest BCUT2D eigenvalue weighted by molar-refractivity contribution is 0.0954. The molecule has 1 atom stereocenters. The van der Waals surface area contributed by atoms with Gasteiger partial charge in [-0.25, -0.2) is 4.21 Å². The first kappa shape index (κ1) is 23.2. The van der Waals surface area contributed by atoms with E-state index < -0.39 is 11.3 Å². The van der Waals surface area contributed by atoms with Gasteiger partial charge in [0.2, 0.25) is 0 Å². The van der Waals surface area contributed by atoms with Crippen molar-refractivity contribution in [3.63, 3.8) is 0 Å². The van der Waals surface area contributed by atoms with Crippen LogP contribution in [0.4, 0.5) is 5.69 Å². The van der Waals surface area contributed by atoms with Gasteiger partial charge in [0.1, 0.15) is 0 Å². The lowest BCUT2D eigenvalue weighted by Gasteiger charge is -2.20. The number of hydrogen-bond donors (Lipinski definition) is 2. The van der Waals surface area contributed by atoms with Crippen LogP contribution < -0.4 is 9.62 Å². The largest absolute Gasteiger partial charge is 0.352 e. The van der Waals surface area contributed by atoms with Crippen molar-refractivity contribution in [1.82, 2.24) is 10.3 Å². The van der Waals surface area contributed by atoms with E-state index >= 15 is 0 Å². The molecule has 0 bridgehead atoms. The standard InChI is InChI=1S/C22H21Cl2N3O3S/c23-20-5-1-4-17(21(20)24)11-14-27(31(29)30)19-8-6-18(7-9-19)22(28)26-13-10-16-3-2-12-25-15-16/h1-9,12,15H,10-11,13-14H2,(H,26,28)(H,29,30). The third-order valence-corrected chi connectivity index (χ3v) is 6.27. The fraction of sp³-hybridized carbons (Fsp3) is 0.182. The average Bonchev–Trinajstić information content (AvgIpc) is 2.77. The average molecular weight is 478 g/mol. The van der Waals surface area contributed by atoms with Crippen LogP contribution in [0.2, 0.25) is 10.0 Å². The Balaban J connectivity index is 1.60. The summed E-state index contributed by atoms with van der Waals surface area (Å²) in [4.78, 5) is 16.4. The first-order chi connectivity index (χ1) is 15.0. The van der Waals surface area contributed by atoms with Crippen LogP contribution >= 0.6 is 23.2 Å². The quantitative estimate of drug-likeness (QED) is 0.443. The van der Waals surface area contributed by atoms with Crippen molar-refractivity contribution in [2.45, 2.75) is 12.8 Å². The zero-order chi connectivity index (χ0) is 22.2. The molecule has 162 valence electrons. The van der Waals surface area contributed by atoms with Gasteiger partial charge in [0.15, 0.2) is 0 Å². The van der Waals surface area contributed by atoms with Crippen molar-refractivity contribution in [3.05, 3.63) is 93.7 Å². The second kappa shape index (κ2) is 11.2. The Labute approximate surface area is 193 Å². The molecule has 3 aromatic rings. The number of halogens is 2. The number of hydrogen-bond acceptors (Lipinski definition) is 3. The van der Waals surface area contributed by atoms with Crippen molar-refractivity contribution < 1.29 is 13.6 Å². The molecule has 0 radical (unpaired) electrons. The van der Waals surface area contributed by atoms with E-state index in [-0.39, 0.29) is 12.5 Å². The van der Waals surface area contributed by atoms with Gasteiger partial charge >= 0.3 is 0 Å². The minimum Gasteiger partial charge on any atom is -0.352 e. The van der Waals surface area contributed by atoms with Gasteiger partial charge < -0.3 is 5.32 Å². The molecule has 1 heterocycles. The Hall–Kier alpha value is -2.45. The minimum atomic E-state index is -2.23. The van der Waals surface area contributed by atoms with Crippen molar-refractivity contribution in [2.24, 2.45) is 0 Å². The van der Waals surface area contributed by atoms with Gasteiger partial charge in [-0.2, -0.15) is 0 Å². The normalized spacial score (nSPS) is 11.7. The zero-order valence-electron chi connectivity index (χ0n) is 16.5. The smallest absolute Gasteiger partial charge is 0.261 e. The highest BCUT2D eigenvalue weighted by molar-refractivity contribution is 7.80. The van der Waals surface area contributed by atoms with E-state index in [9.17, 15) is 13.6 Å². The number of rotatable bonds is 9. The van der Waals surface area contributed by atoms with Crippen molar-refractivity contribution in [1.29, 1.82) is 0 Å². The van der Waals surface area contributed by atoms with E-state index in [0.29, 0.717) is 40.7 Å². The van der Waals surface area contributed by atoms with Gasteiger partial charge in [-0.05, 0) is 60.4 Å². The molecule has 1 unspecified atom stereocenters. The Bertz CT molecular complexity index is 1050. The van der Waals surface area contributed by atoms with Crippen LogP contribution in [0.3, 0.4) is 0 Å². The number of anilines is 1. The number of nitrogens with one attached hydrogen (secondary N) is 1. The number of benzene rings is 2. The molecule has 0 aliphatic rings. The van der Waals surface area contributed by atoms with E-state index in [2.05, 4.69) is 10.3 Å².